The summed E-state index contributed by atoms with van der Waals surface area (Å²) in [6, 6.07) is 5.67. The molecule has 3 rings (SSSR count). The topological polar surface area (TPSA) is 3.24 Å². The van der Waals surface area contributed by atoms with Crippen LogP contribution < -0.4 is 4.90 Å². The summed E-state index contributed by atoms with van der Waals surface area (Å²) in [5, 5.41) is 0. The van der Waals surface area contributed by atoms with Crippen molar-refractivity contribution in [3.8, 4) is 0 Å². The first kappa shape index (κ1) is 12.1. The summed E-state index contributed by atoms with van der Waals surface area (Å²) in [4.78, 5) is 2.58. The number of nitrogens with zero attached hydrogens (tertiary/aromatic N) is 1. The van der Waals surface area contributed by atoms with Crippen molar-refractivity contribution in [2.45, 2.75) is 58.9 Å². The summed E-state index contributed by atoms with van der Waals surface area (Å²) in [5.41, 5.74) is 6.33. The molecule has 98 valence electrons. The highest BCUT2D eigenvalue weighted by Crippen LogP contribution is 2.47. The van der Waals surface area contributed by atoms with E-state index >= 15 is 0 Å². The molecule has 0 spiro atoms. The van der Waals surface area contributed by atoms with E-state index in [-0.39, 0.29) is 0 Å². The first-order valence-corrected chi connectivity index (χ1v) is 7.48. The number of rotatable bonds is 1. The summed E-state index contributed by atoms with van der Waals surface area (Å²) in [6.45, 7) is 12.9. The summed E-state index contributed by atoms with van der Waals surface area (Å²) in [5.74, 6) is 2.22. The Balaban J connectivity index is 2.12. The average Bonchev–Trinajstić information content (AvgIpc) is 2.75. The molecule has 0 aromatic heterocycles. The van der Waals surface area contributed by atoms with E-state index in [0.29, 0.717) is 12.0 Å². The van der Waals surface area contributed by atoms with E-state index in [4.69, 9.17) is 0 Å². The van der Waals surface area contributed by atoms with E-state index in [1.165, 1.54) is 12.1 Å². The second-order valence-electron chi connectivity index (χ2n) is 6.40. The van der Waals surface area contributed by atoms with E-state index in [9.17, 15) is 0 Å². The Morgan fingerprint density at radius 2 is 1.78 bits per heavy atom. The number of hydrogen-bond donors (Lipinski definition) is 0. The van der Waals surface area contributed by atoms with E-state index in [0.717, 1.165) is 18.4 Å². The molecule has 18 heavy (non-hydrogen) atoms. The monoisotopic (exact) mass is 243 g/mol. The van der Waals surface area contributed by atoms with E-state index in [1.54, 1.807) is 16.7 Å². The van der Waals surface area contributed by atoms with Gasteiger partial charge in [-0.05, 0) is 54.9 Å². The number of benzene rings is 1. The minimum atomic E-state index is 0.653. The Kier molecular flexibility index (Phi) is 2.69. The lowest BCUT2D eigenvalue weighted by Gasteiger charge is -2.24. The van der Waals surface area contributed by atoms with Gasteiger partial charge in [0.15, 0.2) is 0 Å². The smallest absolute Gasteiger partial charge is 0.0407 e. The molecule has 0 fully saturated rings. The normalized spacial score (nSPS) is 33.7. The first-order valence-electron chi connectivity index (χ1n) is 7.48. The summed E-state index contributed by atoms with van der Waals surface area (Å²) >= 11 is 0. The van der Waals surface area contributed by atoms with Crippen LogP contribution in [0.4, 0.5) is 5.69 Å². The first-order chi connectivity index (χ1) is 8.54. The van der Waals surface area contributed by atoms with Crippen LogP contribution in [0.15, 0.2) is 12.1 Å². The predicted molar refractivity (Wildman–Crippen MR) is 78.6 cm³/mol. The number of fused-ring (bicyclic) bond motifs is 2. The van der Waals surface area contributed by atoms with Gasteiger partial charge in [-0.1, -0.05) is 26.8 Å². The molecule has 0 saturated heterocycles. The van der Waals surface area contributed by atoms with Crippen LogP contribution in [-0.4, -0.2) is 12.6 Å². The number of anilines is 1. The Labute approximate surface area is 111 Å². The van der Waals surface area contributed by atoms with Crippen LogP contribution >= 0.6 is 0 Å². The van der Waals surface area contributed by atoms with Crippen molar-refractivity contribution in [3.05, 3.63) is 28.8 Å². The third-order valence-electron chi connectivity index (χ3n) is 5.53. The van der Waals surface area contributed by atoms with Crippen LogP contribution in [0.25, 0.3) is 0 Å². The van der Waals surface area contributed by atoms with Crippen LogP contribution in [0.5, 0.6) is 0 Å². The zero-order valence-corrected chi connectivity index (χ0v) is 12.3. The van der Waals surface area contributed by atoms with Crippen LogP contribution in [0.3, 0.4) is 0 Å². The average molecular weight is 243 g/mol. The zero-order valence-electron chi connectivity index (χ0n) is 12.3. The Hall–Kier alpha value is -0.980. The molecule has 1 nitrogen and oxygen atoms in total. The summed E-state index contributed by atoms with van der Waals surface area (Å²) in [6.07, 6.45) is 1.27. The van der Waals surface area contributed by atoms with Crippen molar-refractivity contribution in [3.63, 3.8) is 0 Å². The molecule has 1 aromatic carbocycles. The van der Waals surface area contributed by atoms with Gasteiger partial charge in [0, 0.05) is 24.2 Å². The maximum Gasteiger partial charge on any atom is 0.0407 e. The van der Waals surface area contributed by atoms with Gasteiger partial charge in [0.1, 0.15) is 0 Å². The van der Waals surface area contributed by atoms with Gasteiger partial charge in [0.2, 0.25) is 0 Å². The van der Waals surface area contributed by atoms with Crippen molar-refractivity contribution < 1.29 is 0 Å². The van der Waals surface area contributed by atoms with Gasteiger partial charge in [-0.15, -0.1) is 0 Å². The minimum Gasteiger partial charge on any atom is -0.368 e. The van der Waals surface area contributed by atoms with E-state index in [1.807, 2.05) is 0 Å². The van der Waals surface area contributed by atoms with Gasteiger partial charge in [-0.3, -0.25) is 0 Å². The maximum absolute atomic E-state index is 2.58. The standard InChI is InChI=1S/C17H25N/c1-6-18-13(5)12(4)16-9-15-11(3)10(2)7-14(15)8-17(16)18/h8-13H,6-7H2,1-5H3/t10-,11-,12+,13-/m0/s1. The molecule has 4 atom stereocenters. The molecule has 1 aliphatic heterocycles. The van der Waals surface area contributed by atoms with E-state index in [2.05, 4.69) is 51.7 Å². The SMILES string of the molecule is CCN1c2cc3c(cc2[C@H](C)[C@@H]1C)[C@@H](C)[C@@H](C)C3. The molecular formula is C17H25N. The molecule has 2 aliphatic rings. The van der Waals surface area contributed by atoms with Crippen LogP contribution in [-0.2, 0) is 6.42 Å². The van der Waals surface area contributed by atoms with Crippen LogP contribution in [0.2, 0.25) is 0 Å². The lowest BCUT2D eigenvalue weighted by molar-refractivity contribution is 0.531. The van der Waals surface area contributed by atoms with E-state index < -0.39 is 0 Å². The molecule has 0 saturated carbocycles. The molecule has 1 aromatic rings. The Bertz CT molecular complexity index is 477. The van der Waals surface area contributed by atoms with Crippen molar-refractivity contribution in [2.24, 2.45) is 5.92 Å². The minimum absolute atomic E-state index is 0.653. The summed E-state index contributed by atoms with van der Waals surface area (Å²) in [7, 11) is 0. The zero-order chi connectivity index (χ0) is 13.0. The van der Waals surface area contributed by atoms with Gasteiger partial charge >= 0.3 is 0 Å². The second-order valence-corrected chi connectivity index (χ2v) is 6.40. The highest BCUT2D eigenvalue weighted by atomic mass is 15.2. The lowest BCUT2D eigenvalue weighted by Crippen LogP contribution is -2.30. The van der Waals surface area contributed by atoms with Crippen molar-refractivity contribution in [1.82, 2.24) is 0 Å². The largest absolute Gasteiger partial charge is 0.368 e. The fraction of sp³-hybridized carbons (Fsp3) is 0.647. The molecular weight excluding hydrogens is 218 g/mol. The fourth-order valence-electron chi connectivity index (χ4n) is 3.92. The molecule has 1 heteroatoms. The Morgan fingerprint density at radius 1 is 1.06 bits per heavy atom. The van der Waals surface area contributed by atoms with Gasteiger partial charge in [0.05, 0.1) is 0 Å². The third kappa shape index (κ3) is 1.46. The summed E-state index contributed by atoms with van der Waals surface area (Å²) < 4.78 is 0. The van der Waals surface area contributed by atoms with Gasteiger partial charge in [-0.25, -0.2) is 0 Å². The molecule has 1 aliphatic carbocycles. The van der Waals surface area contributed by atoms with Gasteiger partial charge < -0.3 is 4.90 Å². The molecule has 0 bridgehead atoms. The third-order valence-corrected chi connectivity index (χ3v) is 5.53. The second kappa shape index (κ2) is 4.01. The maximum atomic E-state index is 2.58. The highest BCUT2D eigenvalue weighted by Gasteiger charge is 2.35. The fourth-order valence-corrected chi connectivity index (χ4v) is 3.92. The molecule has 0 N–H and O–H groups in total. The van der Waals surface area contributed by atoms with Crippen molar-refractivity contribution in [1.29, 1.82) is 0 Å². The molecule has 0 unspecified atom stereocenters. The molecule has 0 amide bonds. The highest BCUT2D eigenvalue weighted by molar-refractivity contribution is 5.65. The molecule has 1 heterocycles. The van der Waals surface area contributed by atoms with Gasteiger partial charge in [-0.2, -0.15) is 0 Å². The molecule has 0 radical (unpaired) electrons. The van der Waals surface area contributed by atoms with Gasteiger partial charge in [0.25, 0.3) is 0 Å². The number of hydrogen-bond acceptors (Lipinski definition) is 1. The van der Waals surface area contributed by atoms with Crippen LogP contribution in [0, 0.1) is 5.92 Å². The Morgan fingerprint density at radius 3 is 2.44 bits per heavy atom. The number of likely N-dealkylation sites (N-methyl/N-ethyl adjacent to an activating group) is 1. The predicted octanol–water partition coefficient (Wildman–Crippen LogP) is 4.31. The van der Waals surface area contributed by atoms with Crippen molar-refractivity contribution in [2.75, 3.05) is 11.4 Å². The van der Waals surface area contributed by atoms with Crippen molar-refractivity contribution >= 4 is 5.69 Å². The lowest BCUT2D eigenvalue weighted by atomic mass is 9.92. The van der Waals surface area contributed by atoms with Crippen LogP contribution in [0.1, 0.15) is 63.1 Å². The quantitative estimate of drug-likeness (QED) is 0.710.